The van der Waals surface area contributed by atoms with Crippen LogP contribution in [0.2, 0.25) is 0 Å². The minimum absolute atomic E-state index is 0.172. The Kier molecular flexibility index (Phi) is 20.6. The number of nitrogens with one attached hydrogen (secondary N) is 2. The van der Waals surface area contributed by atoms with Crippen molar-refractivity contribution in [2.75, 3.05) is 108 Å². The molecular formula is C57H70FN11O6. The summed E-state index contributed by atoms with van der Waals surface area (Å²) in [6.07, 6.45) is 18.4. The number of aromatic nitrogens is 6. The van der Waals surface area contributed by atoms with Crippen LogP contribution in [0.5, 0.6) is 17.5 Å². The van der Waals surface area contributed by atoms with Crippen molar-refractivity contribution in [3.8, 4) is 40.0 Å². The maximum Gasteiger partial charge on any atom is 0.227 e. The lowest BCUT2D eigenvalue weighted by molar-refractivity contribution is 0.144. The summed E-state index contributed by atoms with van der Waals surface area (Å²) in [7, 11) is 0. The van der Waals surface area contributed by atoms with Crippen LogP contribution in [0.3, 0.4) is 0 Å². The number of fused-ring (bicyclic) bond motifs is 14. The zero-order valence-corrected chi connectivity index (χ0v) is 43.4. The predicted octanol–water partition coefficient (Wildman–Crippen LogP) is 9.34. The summed E-state index contributed by atoms with van der Waals surface area (Å²) < 4.78 is 44.3. The summed E-state index contributed by atoms with van der Waals surface area (Å²) >= 11 is 0. The van der Waals surface area contributed by atoms with Crippen molar-refractivity contribution < 1.29 is 33.2 Å². The van der Waals surface area contributed by atoms with Gasteiger partial charge in [-0.25, -0.2) is 34.3 Å². The molecule has 8 heterocycles. The fourth-order valence-corrected chi connectivity index (χ4v) is 8.91. The summed E-state index contributed by atoms with van der Waals surface area (Å²) in [5.41, 5.74) is 8.37. The zero-order chi connectivity index (χ0) is 52.0. The van der Waals surface area contributed by atoms with Crippen LogP contribution in [0.4, 0.5) is 33.3 Å². The van der Waals surface area contributed by atoms with Gasteiger partial charge in [0.25, 0.3) is 0 Å². The molecule has 75 heavy (non-hydrogen) atoms. The van der Waals surface area contributed by atoms with Crippen LogP contribution < -0.4 is 29.7 Å². The smallest absolute Gasteiger partial charge is 0.227 e. The van der Waals surface area contributed by atoms with Gasteiger partial charge < -0.3 is 44.3 Å². The predicted molar refractivity (Wildman–Crippen MR) is 291 cm³/mol. The molecule has 0 spiro atoms. The number of anilines is 5. The van der Waals surface area contributed by atoms with E-state index < -0.39 is 5.82 Å². The first-order chi connectivity index (χ1) is 36.9. The standard InChI is InChI=1S/C28H34N6O3.C27H30FN5O3.C2H6/c1-21-19-30-28-31-24-5-6-25(34-11-9-33(10-12-34)13-14-35)23(17-24)20-36-15-3-2-4-16-37-26-18-22(7-8-29-26)27(21)32-28;28-23-18-30-27-31-22-6-7-24(35-15-12-33-10-2-3-11-33)21(16-22)19-34-13-4-1-5-14-36-25-17-20(8-9-29-25)26(23)32-27;1-2/h2-3,5-8,17-19,35H,4,9-16,20H2,1H3,(H,30,31,32);1,4,6-9,16-18H,2-3,5,10-15,19H2,(H,30,31,32);1-2H3/b3-2+;4-1+;. The Labute approximate surface area is 439 Å². The van der Waals surface area contributed by atoms with Crippen molar-refractivity contribution in [1.29, 1.82) is 0 Å². The molecule has 396 valence electrons. The minimum atomic E-state index is -0.522. The Bertz CT molecular complexity index is 2800. The van der Waals surface area contributed by atoms with Crippen LogP contribution in [-0.4, -0.2) is 137 Å². The molecule has 6 aromatic rings. The van der Waals surface area contributed by atoms with Gasteiger partial charge in [-0.15, -0.1) is 0 Å². The summed E-state index contributed by atoms with van der Waals surface area (Å²) in [5, 5.41) is 15.8. The van der Waals surface area contributed by atoms with Crippen LogP contribution in [-0.2, 0) is 22.7 Å². The Hall–Kier alpha value is -7.09. The largest absolute Gasteiger partial charge is 0.492 e. The minimum Gasteiger partial charge on any atom is -0.492 e. The Morgan fingerprint density at radius 1 is 0.640 bits per heavy atom. The number of halogens is 1. The highest BCUT2D eigenvalue weighted by Crippen LogP contribution is 2.31. The molecular weight excluding hydrogens is 954 g/mol. The molecule has 2 saturated heterocycles. The molecule has 0 aliphatic carbocycles. The second-order valence-electron chi connectivity index (χ2n) is 18.0. The van der Waals surface area contributed by atoms with Crippen LogP contribution in [0.25, 0.3) is 22.5 Å². The first-order valence-corrected chi connectivity index (χ1v) is 26.2. The van der Waals surface area contributed by atoms with Gasteiger partial charge in [0.05, 0.1) is 58.1 Å². The fourth-order valence-electron chi connectivity index (χ4n) is 8.91. The molecule has 3 N–H and O–H groups in total. The van der Waals surface area contributed by atoms with Crippen molar-refractivity contribution in [2.45, 2.75) is 59.7 Å². The summed E-state index contributed by atoms with van der Waals surface area (Å²) in [6.45, 7) is 17.3. The molecule has 18 heteroatoms. The van der Waals surface area contributed by atoms with Gasteiger partial charge in [-0.05, 0) is 99.8 Å². The van der Waals surface area contributed by atoms with Gasteiger partial charge in [-0.1, -0.05) is 38.2 Å². The molecule has 0 unspecified atom stereocenters. The highest BCUT2D eigenvalue weighted by atomic mass is 19.1. The summed E-state index contributed by atoms with van der Waals surface area (Å²) in [5.74, 6) is 2.07. The number of aliphatic hydroxyl groups is 1. The first-order valence-electron chi connectivity index (χ1n) is 26.2. The first kappa shape index (κ1) is 54.2. The average molecular weight is 1020 g/mol. The van der Waals surface area contributed by atoms with Crippen molar-refractivity contribution in [3.05, 3.63) is 132 Å². The number of hydrogen-bond donors (Lipinski definition) is 3. The van der Waals surface area contributed by atoms with E-state index in [0.717, 1.165) is 110 Å². The summed E-state index contributed by atoms with van der Waals surface area (Å²) in [4.78, 5) is 33.6. The molecule has 4 aromatic heterocycles. The lowest BCUT2D eigenvalue weighted by atomic mass is 10.1. The topological polar surface area (TPSA) is 178 Å². The number of ether oxygens (including phenoxy) is 5. The monoisotopic (exact) mass is 1020 g/mol. The van der Waals surface area contributed by atoms with Crippen LogP contribution in [0, 0.1) is 12.7 Å². The molecule has 2 aromatic carbocycles. The lowest BCUT2D eigenvalue weighted by Crippen LogP contribution is -2.47. The molecule has 12 bridgehead atoms. The Morgan fingerprint density at radius 2 is 1.23 bits per heavy atom. The van der Waals surface area contributed by atoms with Crippen molar-refractivity contribution in [3.63, 3.8) is 0 Å². The number of benzene rings is 2. The van der Waals surface area contributed by atoms with E-state index in [4.69, 9.17) is 28.7 Å². The molecule has 0 saturated carbocycles. The van der Waals surface area contributed by atoms with Crippen molar-refractivity contribution in [2.24, 2.45) is 0 Å². The maximum atomic E-state index is 14.6. The van der Waals surface area contributed by atoms with Crippen LogP contribution in [0.15, 0.2) is 110 Å². The van der Waals surface area contributed by atoms with Gasteiger partial charge in [0.2, 0.25) is 23.7 Å². The van der Waals surface area contributed by atoms with Crippen molar-refractivity contribution >= 4 is 29.0 Å². The number of aliphatic hydroxyl groups excluding tert-OH is 1. The second-order valence-corrected chi connectivity index (χ2v) is 18.0. The normalized spacial score (nSPS) is 17.2. The van der Waals surface area contributed by atoms with Gasteiger partial charge in [-0.3, -0.25) is 9.80 Å². The molecule has 0 radical (unpaired) electrons. The quantitative estimate of drug-likeness (QED) is 0.129. The molecule has 17 nitrogen and oxygen atoms in total. The second kappa shape index (κ2) is 28.5. The number of rotatable bonds is 7. The Morgan fingerprint density at radius 3 is 1.89 bits per heavy atom. The van der Waals surface area contributed by atoms with Gasteiger partial charge in [0.1, 0.15) is 18.1 Å². The van der Waals surface area contributed by atoms with Crippen molar-refractivity contribution in [1.82, 2.24) is 39.7 Å². The van der Waals surface area contributed by atoms with E-state index in [2.05, 4.69) is 74.5 Å². The van der Waals surface area contributed by atoms with E-state index in [1.165, 1.54) is 18.5 Å². The molecule has 4 aliphatic rings. The number of aryl methyl sites for hydroxylation is 1. The van der Waals surface area contributed by atoms with E-state index in [0.29, 0.717) is 75.9 Å². The van der Waals surface area contributed by atoms with E-state index in [-0.39, 0.29) is 18.2 Å². The number of nitrogens with zero attached hydrogens (tertiary/aromatic N) is 9. The van der Waals surface area contributed by atoms with E-state index in [1.54, 1.807) is 24.5 Å². The van der Waals surface area contributed by atoms with Gasteiger partial charge in [-0.2, -0.15) is 0 Å². The van der Waals surface area contributed by atoms with Gasteiger partial charge in [0.15, 0.2) is 5.82 Å². The number of β-amino-alcohol motifs (C(OH)–C–C–N with tert-alkyl or cyclic N) is 1. The zero-order valence-electron chi connectivity index (χ0n) is 43.4. The lowest BCUT2D eigenvalue weighted by Gasteiger charge is -2.36. The number of likely N-dealkylation sites (tertiary alicyclic amines) is 1. The highest BCUT2D eigenvalue weighted by molar-refractivity contribution is 5.68. The van der Waals surface area contributed by atoms with Crippen LogP contribution in [0.1, 0.15) is 56.2 Å². The SMILES string of the molecule is CC.Cc1cnc2nc1-c1ccnc(c1)OCC/C=C/COCc1cc(ccc1N1CCN(CCO)CC1)N2.Fc1cnc2nc1-c1ccnc(c1)OCC/C=C/COCc1cc(ccc1OCCN1CCCC1)N2. The van der Waals surface area contributed by atoms with E-state index in [9.17, 15) is 9.50 Å². The van der Waals surface area contributed by atoms with E-state index in [1.807, 2.05) is 75.5 Å². The third-order valence-electron chi connectivity index (χ3n) is 12.7. The molecule has 10 rings (SSSR count). The van der Waals surface area contributed by atoms with E-state index >= 15 is 0 Å². The van der Waals surface area contributed by atoms with Gasteiger partial charge >= 0.3 is 0 Å². The highest BCUT2D eigenvalue weighted by Gasteiger charge is 2.21. The fraction of sp³-hybridized carbons (Fsp3) is 0.404. The molecule has 0 amide bonds. The maximum absolute atomic E-state index is 14.6. The van der Waals surface area contributed by atoms with Crippen LogP contribution >= 0.6 is 0 Å². The third kappa shape index (κ3) is 16.0. The van der Waals surface area contributed by atoms with Gasteiger partial charge in [0, 0.05) is 109 Å². The third-order valence-corrected chi connectivity index (χ3v) is 12.7. The molecule has 2 fully saturated rings. The molecule has 0 atom stereocenters. The average Bonchev–Trinajstić information content (AvgIpc) is 3.97. The number of pyridine rings is 2. The Balaban J connectivity index is 0.000000193. The number of hydrogen-bond acceptors (Lipinski definition) is 17. The number of piperazine rings is 1. The summed E-state index contributed by atoms with van der Waals surface area (Å²) in [6, 6.07) is 19.4. The molecule has 4 aliphatic heterocycles.